The summed E-state index contributed by atoms with van der Waals surface area (Å²) in [5, 5.41) is 0. The van der Waals surface area contributed by atoms with Crippen LogP contribution in [0.15, 0.2) is 0 Å². The Morgan fingerprint density at radius 2 is 2.00 bits per heavy atom. The minimum atomic E-state index is -1.49. The second kappa shape index (κ2) is 8.14. The van der Waals surface area contributed by atoms with E-state index in [4.69, 9.17) is 4.74 Å². The van der Waals surface area contributed by atoms with Crippen LogP contribution >= 0.6 is 7.80 Å². The van der Waals surface area contributed by atoms with E-state index in [1.807, 2.05) is 6.92 Å². The lowest BCUT2D eigenvalue weighted by molar-refractivity contribution is -0.139. The molecule has 0 rings (SSSR count). The summed E-state index contributed by atoms with van der Waals surface area (Å²) < 4.78 is 20.8. The number of ether oxygens (including phenoxy) is 2. The zero-order chi connectivity index (χ0) is 10.1. The molecule has 0 aliphatic carbocycles. The van der Waals surface area contributed by atoms with Gasteiger partial charge in [-0.3, -0.25) is 0 Å². The SMILES string of the molecule is CCOCC[P+](=O)CC(=O)OCC. The fraction of sp³-hybridized carbons (Fsp3) is 0.875. The van der Waals surface area contributed by atoms with E-state index in [-0.39, 0.29) is 12.1 Å². The van der Waals surface area contributed by atoms with E-state index in [1.165, 1.54) is 0 Å². The van der Waals surface area contributed by atoms with E-state index >= 15 is 0 Å². The van der Waals surface area contributed by atoms with Gasteiger partial charge in [-0.25, -0.2) is 4.79 Å². The van der Waals surface area contributed by atoms with Crippen molar-refractivity contribution in [2.45, 2.75) is 13.8 Å². The van der Waals surface area contributed by atoms with Crippen LogP contribution in [-0.4, -0.2) is 38.1 Å². The lowest BCUT2D eigenvalue weighted by Crippen LogP contribution is -2.08. The summed E-state index contributed by atoms with van der Waals surface area (Å²) in [6.07, 6.45) is 0.443. The average molecular weight is 207 g/mol. The van der Waals surface area contributed by atoms with Crippen molar-refractivity contribution in [3.8, 4) is 0 Å². The maximum atomic E-state index is 11.2. The molecule has 0 spiro atoms. The van der Waals surface area contributed by atoms with Gasteiger partial charge in [0.25, 0.3) is 0 Å². The Labute approximate surface area is 79.4 Å². The monoisotopic (exact) mass is 207 g/mol. The molecule has 5 heteroatoms. The molecule has 0 aromatic heterocycles. The van der Waals surface area contributed by atoms with Crippen molar-refractivity contribution in [3.05, 3.63) is 0 Å². The van der Waals surface area contributed by atoms with Gasteiger partial charge in [0.1, 0.15) is 0 Å². The fourth-order valence-corrected chi connectivity index (χ4v) is 1.61. The van der Waals surface area contributed by atoms with Crippen molar-refractivity contribution >= 4 is 13.8 Å². The van der Waals surface area contributed by atoms with Gasteiger partial charge in [0.05, 0.1) is 13.2 Å². The molecule has 13 heavy (non-hydrogen) atoms. The molecule has 76 valence electrons. The molecule has 0 heterocycles. The summed E-state index contributed by atoms with van der Waals surface area (Å²) in [7, 11) is -1.49. The molecule has 4 nitrogen and oxygen atoms in total. The first-order valence-corrected chi connectivity index (χ1v) is 5.99. The predicted octanol–water partition coefficient (Wildman–Crippen LogP) is 1.41. The van der Waals surface area contributed by atoms with Crippen LogP contribution in [0.25, 0.3) is 0 Å². The predicted molar refractivity (Wildman–Crippen MR) is 50.5 cm³/mol. The fourth-order valence-electron chi connectivity index (χ4n) is 0.740. The Hall–Kier alpha value is -0.470. The molecular weight excluding hydrogens is 191 g/mol. The molecule has 0 aromatic rings. The van der Waals surface area contributed by atoms with E-state index in [0.29, 0.717) is 26.0 Å². The second-order valence-corrected chi connectivity index (χ2v) is 4.09. The van der Waals surface area contributed by atoms with Crippen molar-refractivity contribution in [1.29, 1.82) is 0 Å². The quantitative estimate of drug-likeness (QED) is 0.360. The van der Waals surface area contributed by atoms with Gasteiger partial charge in [-0.05, 0) is 13.8 Å². The van der Waals surface area contributed by atoms with E-state index in [0.717, 1.165) is 0 Å². The molecule has 0 bridgehead atoms. The number of carbonyl (C=O) groups excluding carboxylic acids is 1. The van der Waals surface area contributed by atoms with Gasteiger partial charge >= 0.3 is 13.8 Å². The minimum absolute atomic E-state index is 0.0102. The highest BCUT2D eigenvalue weighted by Gasteiger charge is 2.20. The van der Waals surface area contributed by atoms with Crippen molar-refractivity contribution < 1.29 is 18.8 Å². The van der Waals surface area contributed by atoms with E-state index < -0.39 is 7.80 Å². The summed E-state index contributed by atoms with van der Waals surface area (Å²) >= 11 is 0. The van der Waals surface area contributed by atoms with E-state index in [9.17, 15) is 9.36 Å². The topological polar surface area (TPSA) is 52.6 Å². The Bertz CT molecular complexity index is 170. The molecule has 1 unspecified atom stereocenters. The summed E-state index contributed by atoms with van der Waals surface area (Å²) in [5.41, 5.74) is 0. The van der Waals surface area contributed by atoms with Gasteiger partial charge in [0, 0.05) is 6.61 Å². The zero-order valence-electron chi connectivity index (χ0n) is 8.12. The Morgan fingerprint density at radius 3 is 2.54 bits per heavy atom. The van der Waals surface area contributed by atoms with Crippen LogP contribution in [0.1, 0.15) is 13.8 Å². The van der Waals surface area contributed by atoms with Crippen molar-refractivity contribution in [2.75, 3.05) is 32.1 Å². The third-order valence-corrected chi connectivity index (χ3v) is 2.59. The van der Waals surface area contributed by atoms with Crippen LogP contribution < -0.4 is 0 Å². The summed E-state index contributed by atoms with van der Waals surface area (Å²) in [6.45, 7) is 5.00. The third kappa shape index (κ3) is 7.88. The van der Waals surface area contributed by atoms with Gasteiger partial charge < -0.3 is 9.47 Å². The number of carbonyl (C=O) groups is 1. The van der Waals surface area contributed by atoms with Crippen molar-refractivity contribution in [3.63, 3.8) is 0 Å². The number of rotatable bonds is 7. The summed E-state index contributed by atoms with van der Waals surface area (Å²) in [4.78, 5) is 10.8. The minimum Gasteiger partial charge on any atom is -0.463 e. The first kappa shape index (κ1) is 12.5. The lowest BCUT2D eigenvalue weighted by atomic mass is 10.8. The molecule has 0 radical (unpaired) electrons. The number of hydrogen-bond donors (Lipinski definition) is 0. The van der Waals surface area contributed by atoms with Crippen LogP contribution in [0.5, 0.6) is 0 Å². The molecule has 0 aliphatic rings. The first-order valence-electron chi connectivity index (χ1n) is 4.36. The standard InChI is InChI=1S/C8H16O4P/c1-3-11-5-6-13(10)7-8(9)12-4-2/h3-7H2,1-2H3/q+1. The smallest absolute Gasteiger partial charge is 0.354 e. The molecule has 0 saturated carbocycles. The molecule has 1 atom stereocenters. The lowest BCUT2D eigenvalue weighted by Gasteiger charge is -1.95. The van der Waals surface area contributed by atoms with Gasteiger partial charge in [-0.2, -0.15) is 0 Å². The highest BCUT2D eigenvalue weighted by molar-refractivity contribution is 7.45. The molecule has 0 N–H and O–H groups in total. The molecule has 0 aliphatic heterocycles. The van der Waals surface area contributed by atoms with E-state index in [2.05, 4.69) is 4.74 Å². The third-order valence-electron chi connectivity index (χ3n) is 1.30. The molecule has 0 aromatic carbocycles. The molecule has 0 fully saturated rings. The van der Waals surface area contributed by atoms with Gasteiger partial charge in [0.15, 0.2) is 6.16 Å². The Kier molecular flexibility index (Phi) is 7.85. The Morgan fingerprint density at radius 1 is 1.31 bits per heavy atom. The maximum Gasteiger partial charge on any atom is 0.354 e. The number of hydrogen-bond acceptors (Lipinski definition) is 4. The number of esters is 1. The highest BCUT2D eigenvalue weighted by Crippen LogP contribution is 2.19. The van der Waals surface area contributed by atoms with Crippen molar-refractivity contribution in [1.82, 2.24) is 0 Å². The summed E-state index contributed by atoms with van der Waals surface area (Å²) in [6, 6.07) is 0. The second-order valence-electron chi connectivity index (χ2n) is 2.37. The first-order chi connectivity index (χ1) is 6.20. The van der Waals surface area contributed by atoms with Gasteiger partial charge in [0.2, 0.25) is 6.16 Å². The maximum absolute atomic E-state index is 11.2. The van der Waals surface area contributed by atoms with Crippen molar-refractivity contribution in [2.24, 2.45) is 0 Å². The van der Waals surface area contributed by atoms with E-state index in [1.54, 1.807) is 6.92 Å². The van der Waals surface area contributed by atoms with Gasteiger partial charge in [-0.1, -0.05) is 4.57 Å². The highest BCUT2D eigenvalue weighted by atomic mass is 31.1. The molecule has 0 saturated heterocycles. The normalized spacial score (nSPS) is 11.1. The van der Waals surface area contributed by atoms with Crippen LogP contribution in [0.3, 0.4) is 0 Å². The molecular formula is C8H16O4P+. The van der Waals surface area contributed by atoms with Crippen LogP contribution in [0.4, 0.5) is 0 Å². The van der Waals surface area contributed by atoms with Gasteiger partial charge in [-0.15, -0.1) is 0 Å². The van der Waals surface area contributed by atoms with Crippen LogP contribution in [-0.2, 0) is 18.8 Å². The zero-order valence-corrected chi connectivity index (χ0v) is 9.01. The largest absolute Gasteiger partial charge is 0.463 e. The Balaban J connectivity index is 3.44. The average Bonchev–Trinajstić information content (AvgIpc) is 2.05. The summed E-state index contributed by atoms with van der Waals surface area (Å²) in [5.74, 6) is -0.389. The van der Waals surface area contributed by atoms with Crippen LogP contribution in [0, 0.1) is 0 Å². The molecule has 0 amide bonds. The van der Waals surface area contributed by atoms with Crippen LogP contribution in [0.2, 0.25) is 0 Å².